The maximum absolute atomic E-state index is 5.39. The minimum absolute atomic E-state index is 0.309. The normalized spacial score (nSPS) is 12.8. The van der Waals surface area contributed by atoms with Crippen LogP contribution in [0, 0.1) is 0 Å². The van der Waals surface area contributed by atoms with Crippen molar-refractivity contribution < 1.29 is 13.9 Å². The largest absolute Gasteiger partial charge is 0.468 e. The molecule has 1 N–H and O–H groups in total. The molecule has 17 heavy (non-hydrogen) atoms. The Morgan fingerprint density at radius 1 is 1.35 bits per heavy atom. The summed E-state index contributed by atoms with van der Waals surface area (Å²) in [5.41, 5.74) is 0. The van der Waals surface area contributed by atoms with Crippen LogP contribution in [0.4, 0.5) is 0 Å². The van der Waals surface area contributed by atoms with E-state index >= 15 is 0 Å². The van der Waals surface area contributed by atoms with Gasteiger partial charge in [0.25, 0.3) is 0 Å². The van der Waals surface area contributed by atoms with Gasteiger partial charge in [0.2, 0.25) is 0 Å². The van der Waals surface area contributed by atoms with Gasteiger partial charge in [0.05, 0.1) is 25.5 Å². The third kappa shape index (κ3) is 5.86. The molecule has 0 aliphatic heterocycles. The first-order valence-corrected chi connectivity index (χ1v) is 6.22. The number of rotatable bonds is 10. The maximum atomic E-state index is 5.39. The van der Waals surface area contributed by atoms with Crippen molar-refractivity contribution in [3.8, 4) is 0 Å². The molecule has 0 radical (unpaired) electrons. The van der Waals surface area contributed by atoms with E-state index in [2.05, 4.69) is 12.2 Å². The molecule has 0 spiro atoms. The summed E-state index contributed by atoms with van der Waals surface area (Å²) in [4.78, 5) is 0. The quantitative estimate of drug-likeness (QED) is 0.639. The van der Waals surface area contributed by atoms with Crippen molar-refractivity contribution >= 4 is 0 Å². The highest BCUT2D eigenvalue weighted by Crippen LogP contribution is 2.16. The molecular formula is C13H23NO3. The van der Waals surface area contributed by atoms with E-state index in [1.165, 1.54) is 0 Å². The number of ether oxygens (including phenoxy) is 2. The van der Waals surface area contributed by atoms with Crippen molar-refractivity contribution in [3.63, 3.8) is 0 Å². The van der Waals surface area contributed by atoms with Crippen molar-refractivity contribution in [1.29, 1.82) is 0 Å². The standard InChI is InChI=1S/C13H23NO3/c1-3-12(13-6-4-9-17-13)14-7-5-8-16-11-10-15-2/h4,6,9,12,14H,3,5,7-8,10-11H2,1-2H3. The molecule has 98 valence electrons. The lowest BCUT2D eigenvalue weighted by atomic mass is 10.1. The van der Waals surface area contributed by atoms with E-state index in [1.807, 2.05) is 12.1 Å². The molecule has 1 unspecified atom stereocenters. The fourth-order valence-electron chi connectivity index (χ4n) is 1.63. The topological polar surface area (TPSA) is 43.6 Å². The summed E-state index contributed by atoms with van der Waals surface area (Å²) >= 11 is 0. The van der Waals surface area contributed by atoms with Crippen LogP contribution in [0.5, 0.6) is 0 Å². The van der Waals surface area contributed by atoms with E-state index in [0.717, 1.165) is 31.8 Å². The smallest absolute Gasteiger partial charge is 0.120 e. The monoisotopic (exact) mass is 241 g/mol. The van der Waals surface area contributed by atoms with Crippen molar-refractivity contribution in [2.45, 2.75) is 25.8 Å². The fourth-order valence-corrected chi connectivity index (χ4v) is 1.63. The third-order valence-corrected chi connectivity index (χ3v) is 2.58. The fraction of sp³-hybridized carbons (Fsp3) is 0.692. The van der Waals surface area contributed by atoms with Crippen LogP contribution in [0.15, 0.2) is 22.8 Å². The molecule has 0 saturated carbocycles. The average Bonchev–Trinajstić information content (AvgIpc) is 2.86. The maximum Gasteiger partial charge on any atom is 0.120 e. The van der Waals surface area contributed by atoms with Crippen LogP contribution in [-0.4, -0.2) is 33.5 Å². The minimum Gasteiger partial charge on any atom is -0.468 e. The van der Waals surface area contributed by atoms with Gasteiger partial charge in [-0.15, -0.1) is 0 Å². The van der Waals surface area contributed by atoms with Gasteiger partial charge in [-0.1, -0.05) is 6.92 Å². The summed E-state index contributed by atoms with van der Waals surface area (Å²) < 4.78 is 15.7. The summed E-state index contributed by atoms with van der Waals surface area (Å²) in [6.45, 7) is 5.19. The Morgan fingerprint density at radius 3 is 2.88 bits per heavy atom. The number of hydrogen-bond acceptors (Lipinski definition) is 4. The summed E-state index contributed by atoms with van der Waals surface area (Å²) in [6, 6.07) is 4.24. The Hall–Kier alpha value is -0.840. The highest BCUT2D eigenvalue weighted by Gasteiger charge is 2.10. The first kappa shape index (κ1) is 14.2. The van der Waals surface area contributed by atoms with Crippen LogP contribution in [0.2, 0.25) is 0 Å². The molecule has 4 nitrogen and oxygen atoms in total. The second-order valence-electron chi connectivity index (χ2n) is 3.89. The van der Waals surface area contributed by atoms with Crippen molar-refractivity contribution in [1.82, 2.24) is 5.32 Å². The molecule has 1 aromatic heterocycles. The van der Waals surface area contributed by atoms with Crippen LogP contribution in [0.1, 0.15) is 31.6 Å². The Morgan fingerprint density at radius 2 is 2.24 bits per heavy atom. The first-order valence-electron chi connectivity index (χ1n) is 6.22. The van der Waals surface area contributed by atoms with E-state index in [1.54, 1.807) is 13.4 Å². The van der Waals surface area contributed by atoms with Crippen LogP contribution in [0.3, 0.4) is 0 Å². The van der Waals surface area contributed by atoms with Gasteiger partial charge in [0.15, 0.2) is 0 Å². The van der Waals surface area contributed by atoms with Gasteiger partial charge in [0, 0.05) is 13.7 Å². The molecular weight excluding hydrogens is 218 g/mol. The van der Waals surface area contributed by atoms with Crippen LogP contribution in [-0.2, 0) is 9.47 Å². The second-order valence-corrected chi connectivity index (χ2v) is 3.89. The third-order valence-electron chi connectivity index (χ3n) is 2.58. The highest BCUT2D eigenvalue weighted by molar-refractivity contribution is 5.03. The zero-order valence-electron chi connectivity index (χ0n) is 10.8. The summed E-state index contributed by atoms with van der Waals surface area (Å²) in [5.74, 6) is 1.01. The van der Waals surface area contributed by atoms with E-state index in [4.69, 9.17) is 13.9 Å². The van der Waals surface area contributed by atoms with Crippen LogP contribution >= 0.6 is 0 Å². The molecule has 1 aromatic rings. The van der Waals surface area contributed by atoms with Gasteiger partial charge in [-0.3, -0.25) is 0 Å². The van der Waals surface area contributed by atoms with Crippen molar-refractivity contribution in [2.24, 2.45) is 0 Å². The van der Waals surface area contributed by atoms with Gasteiger partial charge < -0.3 is 19.2 Å². The summed E-state index contributed by atoms with van der Waals surface area (Å²) in [7, 11) is 1.68. The van der Waals surface area contributed by atoms with E-state index in [0.29, 0.717) is 19.3 Å². The molecule has 0 bridgehead atoms. The van der Waals surface area contributed by atoms with E-state index in [-0.39, 0.29) is 0 Å². The van der Waals surface area contributed by atoms with Crippen molar-refractivity contribution in [2.75, 3.05) is 33.5 Å². The zero-order chi connectivity index (χ0) is 12.3. The predicted molar refractivity (Wildman–Crippen MR) is 67.1 cm³/mol. The molecule has 0 saturated heterocycles. The van der Waals surface area contributed by atoms with Gasteiger partial charge in [-0.25, -0.2) is 0 Å². The molecule has 1 atom stereocenters. The Balaban J connectivity index is 2.04. The van der Waals surface area contributed by atoms with Gasteiger partial charge in [0.1, 0.15) is 5.76 Å². The highest BCUT2D eigenvalue weighted by atomic mass is 16.5. The molecule has 1 heterocycles. The Bertz CT molecular complexity index is 262. The SMILES string of the molecule is CCC(NCCCOCCOC)c1ccco1. The second kappa shape index (κ2) is 9.22. The Kier molecular flexibility index (Phi) is 7.71. The minimum atomic E-state index is 0.309. The van der Waals surface area contributed by atoms with Crippen molar-refractivity contribution in [3.05, 3.63) is 24.2 Å². The van der Waals surface area contributed by atoms with E-state index in [9.17, 15) is 0 Å². The first-order chi connectivity index (χ1) is 8.38. The number of nitrogens with one attached hydrogen (secondary N) is 1. The zero-order valence-corrected chi connectivity index (χ0v) is 10.8. The predicted octanol–water partition coefficient (Wildman–Crippen LogP) is 2.37. The van der Waals surface area contributed by atoms with Crippen LogP contribution in [0.25, 0.3) is 0 Å². The lowest BCUT2D eigenvalue weighted by Crippen LogP contribution is -2.22. The van der Waals surface area contributed by atoms with Crippen LogP contribution < -0.4 is 5.32 Å². The molecule has 0 aliphatic carbocycles. The van der Waals surface area contributed by atoms with Gasteiger partial charge in [-0.05, 0) is 31.5 Å². The van der Waals surface area contributed by atoms with E-state index < -0.39 is 0 Å². The lowest BCUT2D eigenvalue weighted by molar-refractivity contribution is 0.0691. The summed E-state index contributed by atoms with van der Waals surface area (Å²) in [5, 5.41) is 3.46. The van der Waals surface area contributed by atoms with Gasteiger partial charge in [-0.2, -0.15) is 0 Å². The number of furan rings is 1. The molecule has 0 fully saturated rings. The number of hydrogen-bond donors (Lipinski definition) is 1. The molecule has 1 rings (SSSR count). The molecule has 0 amide bonds. The molecule has 0 aromatic carbocycles. The molecule has 4 heteroatoms. The molecule has 0 aliphatic rings. The number of methoxy groups -OCH3 is 1. The summed E-state index contributed by atoms with van der Waals surface area (Å²) in [6.07, 6.45) is 3.74. The van der Waals surface area contributed by atoms with Gasteiger partial charge >= 0.3 is 0 Å². The lowest BCUT2D eigenvalue weighted by Gasteiger charge is -2.14. The average molecular weight is 241 g/mol. The Labute approximate surface area is 103 Å².